The Bertz CT molecular complexity index is 832. The van der Waals surface area contributed by atoms with Crippen molar-refractivity contribution in [2.45, 2.75) is 12.8 Å². The summed E-state index contributed by atoms with van der Waals surface area (Å²) < 4.78 is 5.65. The third-order valence-electron chi connectivity index (χ3n) is 3.76. The number of hydrogen-bond acceptors (Lipinski definition) is 5. The standard InChI is InChI=1S/C19H19ClN2O2S2/c1-22(9-3-10-24-16-7-5-14(20)6-8-16)18(23)12-15-13-26-19(21-15)17-4-2-11-25-17/h2,4-8,11,13H,3,9-10,12H2,1H3. The second kappa shape index (κ2) is 9.16. The Morgan fingerprint density at radius 3 is 2.77 bits per heavy atom. The van der Waals surface area contributed by atoms with Gasteiger partial charge in [0.2, 0.25) is 5.91 Å². The van der Waals surface area contributed by atoms with Gasteiger partial charge in [-0.15, -0.1) is 22.7 Å². The fourth-order valence-electron chi connectivity index (χ4n) is 2.34. The average molecular weight is 407 g/mol. The van der Waals surface area contributed by atoms with Gasteiger partial charge in [-0.3, -0.25) is 4.79 Å². The minimum absolute atomic E-state index is 0.0690. The Labute approximate surface area is 166 Å². The van der Waals surface area contributed by atoms with Crippen LogP contribution in [0.4, 0.5) is 0 Å². The number of benzene rings is 1. The van der Waals surface area contributed by atoms with Gasteiger partial charge in [0, 0.05) is 24.0 Å². The van der Waals surface area contributed by atoms with Gasteiger partial charge in [0.25, 0.3) is 0 Å². The summed E-state index contributed by atoms with van der Waals surface area (Å²) in [7, 11) is 1.82. The van der Waals surface area contributed by atoms with Gasteiger partial charge in [0.05, 0.1) is 23.6 Å². The van der Waals surface area contributed by atoms with Crippen LogP contribution in [-0.4, -0.2) is 36.0 Å². The second-order valence-corrected chi connectivity index (χ2v) is 8.01. The van der Waals surface area contributed by atoms with Crippen molar-refractivity contribution in [3.63, 3.8) is 0 Å². The topological polar surface area (TPSA) is 42.4 Å². The predicted molar refractivity (Wildman–Crippen MR) is 108 cm³/mol. The summed E-state index contributed by atoms with van der Waals surface area (Å²) >= 11 is 9.08. The predicted octanol–water partition coefficient (Wildman–Crippen LogP) is 5.00. The molecule has 136 valence electrons. The molecule has 2 heterocycles. The summed E-state index contributed by atoms with van der Waals surface area (Å²) in [5.74, 6) is 0.853. The molecule has 0 fully saturated rings. The quantitative estimate of drug-likeness (QED) is 0.494. The van der Waals surface area contributed by atoms with Crippen LogP contribution in [0, 0.1) is 0 Å². The number of carbonyl (C=O) groups excluding carboxylic acids is 1. The van der Waals surface area contributed by atoms with Gasteiger partial charge in [0.1, 0.15) is 10.8 Å². The molecule has 26 heavy (non-hydrogen) atoms. The number of amides is 1. The van der Waals surface area contributed by atoms with Gasteiger partial charge in [-0.2, -0.15) is 0 Å². The monoisotopic (exact) mass is 406 g/mol. The van der Waals surface area contributed by atoms with Crippen LogP contribution in [0.1, 0.15) is 12.1 Å². The number of ether oxygens (including phenoxy) is 1. The molecule has 1 amide bonds. The molecule has 0 aliphatic heterocycles. The first-order valence-electron chi connectivity index (χ1n) is 8.22. The van der Waals surface area contributed by atoms with Crippen LogP contribution in [0.15, 0.2) is 47.2 Å². The maximum Gasteiger partial charge on any atom is 0.228 e. The molecular weight excluding hydrogens is 388 g/mol. The van der Waals surface area contributed by atoms with E-state index < -0.39 is 0 Å². The fraction of sp³-hybridized carbons (Fsp3) is 0.263. The zero-order valence-electron chi connectivity index (χ0n) is 14.4. The molecule has 3 aromatic rings. The van der Waals surface area contributed by atoms with Crippen molar-refractivity contribution < 1.29 is 9.53 Å². The van der Waals surface area contributed by atoms with Crippen molar-refractivity contribution in [1.82, 2.24) is 9.88 Å². The summed E-state index contributed by atoms with van der Waals surface area (Å²) in [5.41, 5.74) is 0.827. The van der Waals surface area contributed by atoms with Gasteiger partial charge in [-0.1, -0.05) is 17.7 Å². The third kappa shape index (κ3) is 5.30. The third-order valence-corrected chi connectivity index (χ3v) is 5.94. The zero-order valence-corrected chi connectivity index (χ0v) is 16.7. The van der Waals surface area contributed by atoms with Crippen LogP contribution >= 0.6 is 34.3 Å². The fourth-order valence-corrected chi connectivity index (χ4v) is 4.10. The average Bonchev–Trinajstić information content (AvgIpc) is 3.31. The first-order chi connectivity index (χ1) is 12.6. The highest BCUT2D eigenvalue weighted by atomic mass is 35.5. The number of carbonyl (C=O) groups is 1. The summed E-state index contributed by atoms with van der Waals surface area (Å²) in [6.45, 7) is 1.20. The molecule has 2 aromatic heterocycles. The maximum absolute atomic E-state index is 12.3. The van der Waals surface area contributed by atoms with Gasteiger partial charge in [0.15, 0.2) is 0 Å². The Morgan fingerprint density at radius 1 is 1.23 bits per heavy atom. The Kier molecular flexibility index (Phi) is 6.66. The molecule has 0 unspecified atom stereocenters. The normalized spacial score (nSPS) is 10.7. The molecule has 0 spiro atoms. The number of likely N-dealkylation sites (N-methyl/N-ethyl adjacent to an activating group) is 1. The number of aromatic nitrogens is 1. The maximum atomic E-state index is 12.3. The molecule has 0 bridgehead atoms. The van der Waals surface area contributed by atoms with Gasteiger partial charge in [-0.05, 0) is 42.1 Å². The van der Waals surface area contributed by atoms with Crippen LogP contribution in [-0.2, 0) is 11.2 Å². The van der Waals surface area contributed by atoms with Crippen LogP contribution in [0.2, 0.25) is 5.02 Å². The molecule has 0 aliphatic carbocycles. The summed E-state index contributed by atoms with van der Waals surface area (Å²) in [4.78, 5) is 19.8. The largest absolute Gasteiger partial charge is 0.494 e. The van der Waals surface area contributed by atoms with E-state index in [-0.39, 0.29) is 5.91 Å². The van der Waals surface area contributed by atoms with Gasteiger partial charge in [-0.25, -0.2) is 4.98 Å². The van der Waals surface area contributed by atoms with E-state index in [1.165, 1.54) is 0 Å². The molecule has 0 atom stereocenters. The Hall–Kier alpha value is -1.89. The molecule has 0 aliphatic rings. The first kappa shape index (κ1) is 18.9. The molecule has 0 saturated heterocycles. The van der Waals surface area contributed by atoms with Crippen molar-refractivity contribution in [2.24, 2.45) is 0 Å². The van der Waals surface area contributed by atoms with E-state index >= 15 is 0 Å². The van der Waals surface area contributed by atoms with Crippen molar-refractivity contribution >= 4 is 40.2 Å². The number of hydrogen-bond donors (Lipinski definition) is 0. The van der Waals surface area contributed by atoms with Gasteiger partial charge < -0.3 is 9.64 Å². The number of rotatable bonds is 8. The zero-order chi connectivity index (χ0) is 18.4. The minimum Gasteiger partial charge on any atom is -0.494 e. The second-order valence-electron chi connectivity index (χ2n) is 5.77. The number of halogens is 1. The smallest absolute Gasteiger partial charge is 0.228 e. The molecule has 0 N–H and O–H groups in total. The molecule has 0 radical (unpaired) electrons. The lowest BCUT2D eigenvalue weighted by molar-refractivity contribution is -0.129. The summed E-state index contributed by atoms with van der Waals surface area (Å²) in [6, 6.07) is 11.3. The number of thiazole rings is 1. The molecule has 3 rings (SSSR count). The number of nitrogens with zero attached hydrogens (tertiary/aromatic N) is 2. The molecule has 0 saturated carbocycles. The number of thiophene rings is 1. The van der Waals surface area contributed by atoms with Crippen LogP contribution < -0.4 is 4.74 Å². The van der Waals surface area contributed by atoms with E-state index in [0.29, 0.717) is 24.6 Å². The van der Waals surface area contributed by atoms with E-state index in [4.69, 9.17) is 16.3 Å². The Morgan fingerprint density at radius 2 is 2.04 bits per heavy atom. The van der Waals surface area contributed by atoms with E-state index in [1.807, 2.05) is 42.1 Å². The highest BCUT2D eigenvalue weighted by Crippen LogP contribution is 2.28. The molecule has 1 aromatic carbocycles. The lowest BCUT2D eigenvalue weighted by Crippen LogP contribution is -2.30. The van der Waals surface area contributed by atoms with Crippen molar-refractivity contribution in [3.05, 3.63) is 57.9 Å². The SMILES string of the molecule is CN(CCCOc1ccc(Cl)cc1)C(=O)Cc1csc(-c2cccs2)n1. The Balaban J connectivity index is 1.41. The highest BCUT2D eigenvalue weighted by Gasteiger charge is 2.13. The lowest BCUT2D eigenvalue weighted by Gasteiger charge is -2.16. The molecule has 7 heteroatoms. The van der Waals surface area contributed by atoms with Gasteiger partial charge >= 0.3 is 0 Å². The van der Waals surface area contributed by atoms with Crippen molar-refractivity contribution in [2.75, 3.05) is 20.2 Å². The lowest BCUT2D eigenvalue weighted by atomic mass is 10.3. The summed E-state index contributed by atoms with van der Waals surface area (Å²) in [5, 5.41) is 5.65. The minimum atomic E-state index is 0.0690. The first-order valence-corrected chi connectivity index (χ1v) is 10.4. The molecular formula is C19H19ClN2O2S2. The van der Waals surface area contributed by atoms with E-state index in [9.17, 15) is 4.79 Å². The van der Waals surface area contributed by atoms with Crippen LogP contribution in [0.25, 0.3) is 9.88 Å². The van der Waals surface area contributed by atoms with Crippen molar-refractivity contribution in [3.8, 4) is 15.6 Å². The van der Waals surface area contributed by atoms with E-state index in [0.717, 1.165) is 27.7 Å². The summed E-state index contributed by atoms with van der Waals surface area (Å²) in [6.07, 6.45) is 1.10. The highest BCUT2D eigenvalue weighted by molar-refractivity contribution is 7.20. The van der Waals surface area contributed by atoms with Crippen LogP contribution in [0.3, 0.4) is 0 Å². The van der Waals surface area contributed by atoms with Crippen molar-refractivity contribution in [1.29, 1.82) is 0 Å². The molecule has 4 nitrogen and oxygen atoms in total. The van der Waals surface area contributed by atoms with Crippen LogP contribution in [0.5, 0.6) is 5.75 Å². The van der Waals surface area contributed by atoms with E-state index in [1.54, 1.807) is 39.7 Å². The van der Waals surface area contributed by atoms with E-state index in [2.05, 4.69) is 4.98 Å².